The van der Waals surface area contributed by atoms with Crippen LogP contribution < -0.4 is 10.1 Å². The molecule has 1 atom stereocenters. The molecule has 18 heavy (non-hydrogen) atoms. The first-order valence-electron chi connectivity index (χ1n) is 6.16. The molecule has 0 fully saturated rings. The summed E-state index contributed by atoms with van der Waals surface area (Å²) in [4.78, 5) is 11.1. The molecule has 100 valence electrons. The summed E-state index contributed by atoms with van der Waals surface area (Å²) in [7, 11) is 1.65. The highest BCUT2D eigenvalue weighted by atomic mass is 16.5. The minimum Gasteiger partial charge on any atom is -0.493 e. The zero-order valence-electron chi connectivity index (χ0n) is 11.2. The number of benzene rings is 1. The molecule has 0 aromatic heterocycles. The Labute approximate surface area is 108 Å². The van der Waals surface area contributed by atoms with E-state index in [4.69, 9.17) is 9.84 Å². The number of aryl methyl sites for hydroxylation is 1. The van der Waals surface area contributed by atoms with Crippen molar-refractivity contribution in [3.8, 4) is 5.75 Å². The smallest absolute Gasteiger partial charge is 0.323 e. The van der Waals surface area contributed by atoms with Crippen molar-refractivity contribution in [2.45, 2.75) is 32.2 Å². The maximum Gasteiger partial charge on any atom is 0.323 e. The third-order valence-electron chi connectivity index (χ3n) is 3.24. The number of ether oxygens (including phenoxy) is 1. The van der Waals surface area contributed by atoms with Gasteiger partial charge < -0.3 is 15.2 Å². The zero-order valence-corrected chi connectivity index (χ0v) is 11.2. The molecule has 0 saturated carbocycles. The summed E-state index contributed by atoms with van der Waals surface area (Å²) in [5, 5.41) is 11.9. The lowest BCUT2D eigenvalue weighted by Gasteiger charge is -2.24. The fraction of sp³-hybridized carbons (Fsp3) is 0.500. The van der Waals surface area contributed by atoms with Crippen molar-refractivity contribution in [3.63, 3.8) is 0 Å². The molecule has 0 amide bonds. The molecule has 1 aromatic rings. The van der Waals surface area contributed by atoms with Crippen LogP contribution in [-0.4, -0.2) is 30.3 Å². The molecule has 0 heterocycles. The van der Waals surface area contributed by atoms with Crippen LogP contribution in [0.2, 0.25) is 0 Å². The van der Waals surface area contributed by atoms with Gasteiger partial charge in [0.1, 0.15) is 11.3 Å². The van der Waals surface area contributed by atoms with E-state index in [1.54, 1.807) is 14.0 Å². The predicted octanol–water partition coefficient (Wildman–Crippen LogP) is 2.08. The van der Waals surface area contributed by atoms with Crippen LogP contribution >= 0.6 is 0 Å². The average Bonchev–Trinajstić information content (AvgIpc) is 2.38. The van der Waals surface area contributed by atoms with Crippen molar-refractivity contribution in [3.05, 3.63) is 29.8 Å². The Balaban J connectivity index is 2.58. The first-order chi connectivity index (χ1) is 8.53. The van der Waals surface area contributed by atoms with Gasteiger partial charge in [-0.15, -0.1) is 0 Å². The maximum absolute atomic E-state index is 11.1. The highest BCUT2D eigenvalue weighted by Crippen LogP contribution is 2.19. The van der Waals surface area contributed by atoms with E-state index in [1.807, 2.05) is 24.3 Å². The number of aliphatic carboxylic acids is 1. The Morgan fingerprint density at radius 2 is 2.11 bits per heavy atom. The van der Waals surface area contributed by atoms with Crippen LogP contribution in [0.1, 0.15) is 25.8 Å². The highest BCUT2D eigenvalue weighted by molar-refractivity contribution is 5.78. The number of para-hydroxylation sites is 1. The predicted molar refractivity (Wildman–Crippen MR) is 71.0 cm³/mol. The lowest BCUT2D eigenvalue weighted by molar-refractivity contribution is -0.144. The molecular formula is C14H21NO3. The number of hydrogen-bond donors (Lipinski definition) is 2. The van der Waals surface area contributed by atoms with Gasteiger partial charge in [-0.2, -0.15) is 0 Å². The van der Waals surface area contributed by atoms with Gasteiger partial charge in [-0.3, -0.25) is 4.79 Å². The minimum atomic E-state index is -0.943. The number of rotatable bonds is 7. The van der Waals surface area contributed by atoms with Crippen LogP contribution in [0.5, 0.6) is 5.75 Å². The van der Waals surface area contributed by atoms with Crippen molar-refractivity contribution in [2.75, 3.05) is 13.7 Å². The van der Waals surface area contributed by atoms with Gasteiger partial charge in [-0.05, 0) is 32.0 Å². The lowest BCUT2D eigenvalue weighted by Crippen LogP contribution is -2.48. The van der Waals surface area contributed by atoms with Gasteiger partial charge in [0.2, 0.25) is 0 Å². The first kappa shape index (κ1) is 14.5. The quantitative estimate of drug-likeness (QED) is 0.779. The van der Waals surface area contributed by atoms with Crippen LogP contribution in [0, 0.1) is 0 Å². The molecule has 4 heteroatoms. The molecule has 4 nitrogen and oxygen atoms in total. The molecule has 0 bridgehead atoms. The summed E-state index contributed by atoms with van der Waals surface area (Å²) in [6, 6.07) is 7.82. The fourth-order valence-electron chi connectivity index (χ4n) is 1.64. The van der Waals surface area contributed by atoms with Crippen molar-refractivity contribution in [1.82, 2.24) is 5.32 Å². The Morgan fingerprint density at radius 1 is 1.44 bits per heavy atom. The largest absolute Gasteiger partial charge is 0.493 e. The van der Waals surface area contributed by atoms with Gasteiger partial charge in [0.05, 0.1) is 6.61 Å². The molecule has 1 unspecified atom stereocenters. The van der Waals surface area contributed by atoms with Gasteiger partial charge in [0.25, 0.3) is 0 Å². The van der Waals surface area contributed by atoms with Crippen molar-refractivity contribution < 1.29 is 14.6 Å². The van der Waals surface area contributed by atoms with Crippen molar-refractivity contribution in [1.29, 1.82) is 0 Å². The summed E-state index contributed by atoms with van der Waals surface area (Å²) in [6.07, 6.45) is 1.31. The zero-order chi connectivity index (χ0) is 13.6. The summed E-state index contributed by atoms with van der Waals surface area (Å²) < 4.78 is 5.67. The second-order valence-electron chi connectivity index (χ2n) is 4.45. The second-order valence-corrected chi connectivity index (χ2v) is 4.45. The van der Waals surface area contributed by atoms with Crippen LogP contribution in [-0.2, 0) is 11.2 Å². The number of carboxylic acids is 1. The van der Waals surface area contributed by atoms with E-state index >= 15 is 0 Å². The molecule has 0 spiro atoms. The molecule has 0 aliphatic heterocycles. The van der Waals surface area contributed by atoms with Crippen LogP contribution in [0.15, 0.2) is 24.3 Å². The lowest BCUT2D eigenvalue weighted by atomic mass is 9.99. The summed E-state index contributed by atoms with van der Waals surface area (Å²) in [5.74, 6) is -0.0266. The number of carboxylic acid groups (broad SMARTS) is 1. The SMILES string of the molecule is CCc1ccccc1OCCC(C)(NC)C(=O)O. The van der Waals surface area contributed by atoms with E-state index in [9.17, 15) is 4.79 Å². The second kappa shape index (κ2) is 6.40. The first-order valence-corrected chi connectivity index (χ1v) is 6.16. The topological polar surface area (TPSA) is 58.6 Å². The van der Waals surface area contributed by atoms with E-state index in [0.29, 0.717) is 13.0 Å². The maximum atomic E-state index is 11.1. The molecule has 2 N–H and O–H groups in total. The molecule has 0 aliphatic carbocycles. The number of nitrogens with one attached hydrogen (secondary N) is 1. The molecule has 0 saturated heterocycles. The van der Waals surface area contributed by atoms with Crippen LogP contribution in [0.25, 0.3) is 0 Å². The van der Waals surface area contributed by atoms with Gasteiger partial charge in [0.15, 0.2) is 0 Å². The number of likely N-dealkylation sites (N-methyl/N-ethyl adjacent to an activating group) is 1. The van der Waals surface area contributed by atoms with Gasteiger partial charge >= 0.3 is 5.97 Å². The van der Waals surface area contributed by atoms with Gasteiger partial charge in [-0.25, -0.2) is 0 Å². The highest BCUT2D eigenvalue weighted by Gasteiger charge is 2.30. The standard InChI is InChI=1S/C14H21NO3/c1-4-11-7-5-6-8-12(11)18-10-9-14(2,15-3)13(16)17/h5-8,15H,4,9-10H2,1-3H3,(H,16,17). The normalized spacial score (nSPS) is 13.9. The fourth-order valence-corrected chi connectivity index (χ4v) is 1.64. The van der Waals surface area contributed by atoms with E-state index in [1.165, 1.54) is 0 Å². The summed E-state index contributed by atoms with van der Waals surface area (Å²) in [5.41, 5.74) is 0.195. The van der Waals surface area contributed by atoms with E-state index in [-0.39, 0.29) is 0 Å². The van der Waals surface area contributed by atoms with Gasteiger partial charge in [0, 0.05) is 6.42 Å². The molecule has 0 radical (unpaired) electrons. The summed E-state index contributed by atoms with van der Waals surface area (Å²) in [6.45, 7) is 4.10. The third kappa shape index (κ3) is 3.47. The van der Waals surface area contributed by atoms with Crippen LogP contribution in [0.3, 0.4) is 0 Å². The van der Waals surface area contributed by atoms with Crippen LogP contribution in [0.4, 0.5) is 0 Å². The Bertz CT molecular complexity index is 406. The Hall–Kier alpha value is -1.55. The minimum absolute atomic E-state index is 0.376. The van der Waals surface area contributed by atoms with Gasteiger partial charge in [-0.1, -0.05) is 25.1 Å². The monoisotopic (exact) mass is 251 g/mol. The molecule has 1 aromatic carbocycles. The Morgan fingerprint density at radius 3 is 2.67 bits per heavy atom. The Kier molecular flexibility index (Phi) is 5.16. The van der Waals surface area contributed by atoms with E-state index < -0.39 is 11.5 Å². The number of hydrogen-bond acceptors (Lipinski definition) is 3. The van der Waals surface area contributed by atoms with E-state index in [2.05, 4.69) is 12.2 Å². The van der Waals surface area contributed by atoms with Crippen molar-refractivity contribution >= 4 is 5.97 Å². The van der Waals surface area contributed by atoms with Crippen molar-refractivity contribution in [2.24, 2.45) is 0 Å². The molecule has 1 rings (SSSR count). The molecule has 0 aliphatic rings. The summed E-state index contributed by atoms with van der Waals surface area (Å²) >= 11 is 0. The third-order valence-corrected chi connectivity index (χ3v) is 3.24. The average molecular weight is 251 g/mol. The number of carbonyl (C=O) groups is 1. The molecular weight excluding hydrogens is 230 g/mol. The van der Waals surface area contributed by atoms with E-state index in [0.717, 1.165) is 17.7 Å².